The lowest BCUT2D eigenvalue weighted by atomic mass is 9.78. The molecule has 2 nitrogen and oxygen atoms in total. The fourth-order valence-electron chi connectivity index (χ4n) is 2.22. The minimum atomic E-state index is 0.342. The van der Waals surface area contributed by atoms with Crippen molar-refractivity contribution in [3.63, 3.8) is 0 Å². The van der Waals surface area contributed by atoms with Crippen LogP contribution in [0.3, 0.4) is 0 Å². The molecule has 2 unspecified atom stereocenters. The van der Waals surface area contributed by atoms with Gasteiger partial charge in [-0.1, -0.05) is 27.7 Å². The van der Waals surface area contributed by atoms with E-state index < -0.39 is 0 Å². The van der Waals surface area contributed by atoms with Crippen molar-refractivity contribution in [3.05, 3.63) is 0 Å². The molecular weight excluding hydrogens is 162 g/mol. The highest BCUT2D eigenvalue weighted by Gasteiger charge is 2.33. The molecule has 0 spiro atoms. The summed E-state index contributed by atoms with van der Waals surface area (Å²) in [5.74, 6) is 0.708. The normalized spacial score (nSPS) is 26.3. The van der Waals surface area contributed by atoms with Gasteiger partial charge in [-0.15, -0.1) is 0 Å². The van der Waals surface area contributed by atoms with Gasteiger partial charge in [0.1, 0.15) is 0 Å². The maximum atomic E-state index is 5.44. The van der Waals surface area contributed by atoms with Gasteiger partial charge in [-0.2, -0.15) is 0 Å². The molecule has 1 fully saturated rings. The van der Waals surface area contributed by atoms with Crippen LogP contribution < -0.4 is 5.32 Å². The van der Waals surface area contributed by atoms with E-state index >= 15 is 0 Å². The minimum Gasteiger partial charge on any atom is -0.381 e. The summed E-state index contributed by atoms with van der Waals surface area (Å²) in [4.78, 5) is 0. The predicted molar refractivity (Wildman–Crippen MR) is 55.8 cm³/mol. The van der Waals surface area contributed by atoms with Gasteiger partial charge in [0.25, 0.3) is 0 Å². The van der Waals surface area contributed by atoms with E-state index in [1.54, 1.807) is 0 Å². The van der Waals surface area contributed by atoms with E-state index in [1.165, 1.54) is 6.42 Å². The molecule has 0 radical (unpaired) electrons. The molecule has 0 aromatic rings. The molecule has 0 aromatic heterocycles. The lowest BCUT2D eigenvalue weighted by Crippen LogP contribution is -2.46. The maximum absolute atomic E-state index is 5.44. The monoisotopic (exact) mass is 185 g/mol. The Labute approximate surface area is 82.0 Å². The van der Waals surface area contributed by atoms with Crippen LogP contribution in [-0.4, -0.2) is 25.8 Å². The van der Waals surface area contributed by atoms with Crippen LogP contribution in [-0.2, 0) is 4.74 Å². The summed E-state index contributed by atoms with van der Waals surface area (Å²) < 4.78 is 5.44. The Morgan fingerprint density at radius 3 is 2.54 bits per heavy atom. The van der Waals surface area contributed by atoms with Gasteiger partial charge < -0.3 is 10.1 Å². The van der Waals surface area contributed by atoms with E-state index in [0.717, 1.165) is 19.8 Å². The smallest absolute Gasteiger partial charge is 0.0510 e. The quantitative estimate of drug-likeness (QED) is 0.726. The van der Waals surface area contributed by atoms with Crippen LogP contribution in [0.1, 0.15) is 34.1 Å². The van der Waals surface area contributed by atoms with Gasteiger partial charge in [-0.25, -0.2) is 0 Å². The fraction of sp³-hybridized carbons (Fsp3) is 1.00. The van der Waals surface area contributed by atoms with Crippen molar-refractivity contribution in [2.75, 3.05) is 19.8 Å². The topological polar surface area (TPSA) is 21.3 Å². The summed E-state index contributed by atoms with van der Waals surface area (Å²) in [5, 5.41) is 3.58. The minimum absolute atomic E-state index is 0.342. The first-order chi connectivity index (χ1) is 6.05. The van der Waals surface area contributed by atoms with Crippen molar-refractivity contribution in [2.24, 2.45) is 11.3 Å². The third-order valence-electron chi connectivity index (χ3n) is 2.79. The summed E-state index contributed by atoms with van der Waals surface area (Å²) in [7, 11) is 0. The number of hydrogen-bond acceptors (Lipinski definition) is 2. The second-order valence-corrected chi connectivity index (χ2v) is 5.03. The zero-order chi connectivity index (χ0) is 9.90. The molecule has 2 heteroatoms. The molecule has 1 heterocycles. The molecule has 0 saturated carbocycles. The largest absolute Gasteiger partial charge is 0.381 e. The molecule has 1 N–H and O–H groups in total. The highest BCUT2D eigenvalue weighted by Crippen LogP contribution is 2.29. The van der Waals surface area contributed by atoms with E-state index in [4.69, 9.17) is 4.74 Å². The molecule has 2 atom stereocenters. The average molecular weight is 185 g/mol. The fourth-order valence-corrected chi connectivity index (χ4v) is 2.22. The van der Waals surface area contributed by atoms with Crippen LogP contribution in [0.4, 0.5) is 0 Å². The van der Waals surface area contributed by atoms with E-state index in [-0.39, 0.29) is 0 Å². The number of hydrogen-bond donors (Lipinski definition) is 1. The molecular formula is C11H23NO. The van der Waals surface area contributed by atoms with Gasteiger partial charge >= 0.3 is 0 Å². The average Bonchev–Trinajstić information content (AvgIpc) is 2.49. The Morgan fingerprint density at radius 2 is 2.15 bits per heavy atom. The Morgan fingerprint density at radius 1 is 1.46 bits per heavy atom. The summed E-state index contributed by atoms with van der Waals surface area (Å²) >= 11 is 0. The Bertz CT molecular complexity index is 145. The van der Waals surface area contributed by atoms with Crippen molar-refractivity contribution in [3.8, 4) is 0 Å². The molecule has 1 saturated heterocycles. The number of ether oxygens (including phenoxy) is 1. The highest BCUT2D eigenvalue weighted by atomic mass is 16.5. The standard InChI is InChI=1S/C11H23NO/c1-5-12-10(11(2,3)4)9-6-7-13-8-9/h9-10,12H,5-8H2,1-4H3. The molecule has 0 bridgehead atoms. The first-order valence-electron chi connectivity index (χ1n) is 5.37. The Balaban J connectivity index is 2.55. The summed E-state index contributed by atoms with van der Waals surface area (Å²) in [6.45, 7) is 12.0. The Kier molecular flexibility index (Phi) is 3.74. The molecule has 1 aliphatic rings. The molecule has 1 rings (SSSR count). The van der Waals surface area contributed by atoms with Gasteiger partial charge in [-0.05, 0) is 18.4 Å². The summed E-state index contributed by atoms with van der Waals surface area (Å²) in [6, 6.07) is 0.597. The first kappa shape index (κ1) is 11.0. The predicted octanol–water partition coefficient (Wildman–Crippen LogP) is 2.05. The second-order valence-electron chi connectivity index (χ2n) is 5.03. The van der Waals surface area contributed by atoms with Crippen LogP contribution in [0.5, 0.6) is 0 Å². The third kappa shape index (κ3) is 2.96. The second kappa shape index (κ2) is 4.43. The van der Waals surface area contributed by atoms with Gasteiger partial charge in [0.15, 0.2) is 0 Å². The lowest BCUT2D eigenvalue weighted by molar-refractivity contribution is 0.146. The van der Waals surface area contributed by atoms with Crippen LogP contribution in [0.15, 0.2) is 0 Å². The van der Waals surface area contributed by atoms with E-state index in [0.29, 0.717) is 17.4 Å². The zero-order valence-corrected chi connectivity index (χ0v) is 9.39. The van der Waals surface area contributed by atoms with Crippen LogP contribution in [0.2, 0.25) is 0 Å². The Hall–Kier alpha value is -0.0800. The van der Waals surface area contributed by atoms with Crippen molar-refractivity contribution in [1.29, 1.82) is 0 Å². The van der Waals surface area contributed by atoms with Crippen molar-refractivity contribution in [1.82, 2.24) is 5.32 Å². The number of nitrogens with one attached hydrogen (secondary N) is 1. The zero-order valence-electron chi connectivity index (χ0n) is 9.39. The van der Waals surface area contributed by atoms with Crippen LogP contribution in [0, 0.1) is 11.3 Å². The molecule has 1 aliphatic heterocycles. The first-order valence-corrected chi connectivity index (χ1v) is 5.37. The van der Waals surface area contributed by atoms with Gasteiger partial charge in [-0.3, -0.25) is 0 Å². The summed E-state index contributed by atoms with van der Waals surface area (Å²) in [6.07, 6.45) is 1.22. The van der Waals surface area contributed by atoms with E-state index in [2.05, 4.69) is 33.0 Å². The molecule has 78 valence electrons. The van der Waals surface area contributed by atoms with Gasteiger partial charge in [0.2, 0.25) is 0 Å². The molecule has 0 amide bonds. The van der Waals surface area contributed by atoms with Crippen molar-refractivity contribution >= 4 is 0 Å². The van der Waals surface area contributed by atoms with Gasteiger partial charge in [0, 0.05) is 18.6 Å². The van der Waals surface area contributed by atoms with Crippen LogP contribution >= 0.6 is 0 Å². The third-order valence-corrected chi connectivity index (χ3v) is 2.79. The lowest BCUT2D eigenvalue weighted by Gasteiger charge is -2.35. The van der Waals surface area contributed by atoms with Gasteiger partial charge in [0.05, 0.1) is 6.61 Å². The number of rotatable bonds is 3. The molecule has 13 heavy (non-hydrogen) atoms. The maximum Gasteiger partial charge on any atom is 0.0510 e. The molecule has 0 aromatic carbocycles. The van der Waals surface area contributed by atoms with E-state index in [1.807, 2.05) is 0 Å². The van der Waals surface area contributed by atoms with Crippen molar-refractivity contribution < 1.29 is 4.74 Å². The highest BCUT2D eigenvalue weighted by molar-refractivity contribution is 4.88. The van der Waals surface area contributed by atoms with Crippen LogP contribution in [0.25, 0.3) is 0 Å². The summed E-state index contributed by atoms with van der Waals surface area (Å²) in [5.41, 5.74) is 0.342. The molecule has 0 aliphatic carbocycles. The van der Waals surface area contributed by atoms with Crippen molar-refractivity contribution in [2.45, 2.75) is 40.2 Å². The SMILES string of the molecule is CCNC(C1CCOC1)C(C)(C)C. The van der Waals surface area contributed by atoms with E-state index in [9.17, 15) is 0 Å².